The summed E-state index contributed by atoms with van der Waals surface area (Å²) in [4.78, 5) is 18.2. The average Bonchev–Trinajstić information content (AvgIpc) is 3.27. The van der Waals surface area contributed by atoms with Crippen molar-refractivity contribution in [2.24, 2.45) is 0 Å². The highest BCUT2D eigenvalue weighted by Crippen LogP contribution is 2.32. The van der Waals surface area contributed by atoms with Gasteiger partial charge in [0.25, 0.3) is 5.89 Å². The first-order valence-corrected chi connectivity index (χ1v) is 8.05. The Morgan fingerprint density at radius 1 is 1.21 bits per heavy atom. The number of hydrogen-bond donors (Lipinski definition) is 0. The number of carbonyl (C=O) groups excluding carboxylic acids is 1. The minimum absolute atomic E-state index is 0.0568. The van der Waals surface area contributed by atoms with E-state index in [-0.39, 0.29) is 30.0 Å². The van der Waals surface area contributed by atoms with Gasteiger partial charge in [-0.15, -0.1) is 0 Å². The second-order valence-electron chi connectivity index (χ2n) is 5.44. The molecule has 3 aromatic rings. The number of benzene rings is 1. The van der Waals surface area contributed by atoms with Gasteiger partial charge in [0.05, 0.1) is 0 Å². The molecule has 3 heterocycles. The molecule has 8 heteroatoms. The molecule has 1 atom stereocenters. The highest BCUT2D eigenvalue weighted by molar-refractivity contribution is 9.10. The lowest BCUT2D eigenvalue weighted by molar-refractivity contribution is -0.117. The van der Waals surface area contributed by atoms with Crippen molar-refractivity contribution in [3.63, 3.8) is 0 Å². The number of nitrogens with zero attached hydrogens (tertiary/aromatic N) is 3. The van der Waals surface area contributed by atoms with E-state index in [0.717, 1.165) is 0 Å². The van der Waals surface area contributed by atoms with Gasteiger partial charge in [-0.1, -0.05) is 5.16 Å². The van der Waals surface area contributed by atoms with Gasteiger partial charge in [0.15, 0.2) is 16.3 Å². The number of furan rings is 1. The van der Waals surface area contributed by atoms with Crippen molar-refractivity contribution in [2.75, 3.05) is 11.4 Å². The molecule has 2 aromatic heterocycles. The van der Waals surface area contributed by atoms with Crippen LogP contribution in [0, 0.1) is 5.82 Å². The lowest BCUT2D eigenvalue weighted by atomic mass is 10.1. The van der Waals surface area contributed by atoms with Crippen LogP contribution in [0.1, 0.15) is 18.2 Å². The lowest BCUT2D eigenvalue weighted by Gasteiger charge is -2.15. The molecule has 0 bridgehead atoms. The Labute approximate surface area is 144 Å². The minimum atomic E-state index is -0.339. The zero-order valence-corrected chi connectivity index (χ0v) is 13.9. The molecule has 0 N–H and O–H groups in total. The number of halogens is 2. The molecule has 1 aliphatic rings. The van der Waals surface area contributed by atoms with Crippen molar-refractivity contribution >= 4 is 27.5 Å². The molecular formula is C16H11BrFN3O3. The zero-order valence-electron chi connectivity index (χ0n) is 12.3. The smallest absolute Gasteiger partial charge is 0.293 e. The second-order valence-corrected chi connectivity index (χ2v) is 6.22. The maximum absolute atomic E-state index is 13.0. The van der Waals surface area contributed by atoms with Crippen LogP contribution < -0.4 is 4.90 Å². The van der Waals surface area contributed by atoms with E-state index in [0.29, 0.717) is 28.5 Å². The van der Waals surface area contributed by atoms with Crippen LogP contribution in [-0.2, 0) is 4.79 Å². The van der Waals surface area contributed by atoms with E-state index in [9.17, 15) is 9.18 Å². The van der Waals surface area contributed by atoms with Crippen molar-refractivity contribution in [1.82, 2.24) is 10.1 Å². The molecule has 122 valence electrons. The predicted octanol–water partition coefficient (Wildman–Crippen LogP) is 3.75. The monoisotopic (exact) mass is 391 g/mol. The van der Waals surface area contributed by atoms with Gasteiger partial charge in [0.2, 0.25) is 5.91 Å². The number of carbonyl (C=O) groups is 1. The fraction of sp³-hybridized carbons (Fsp3) is 0.188. The number of hydrogen-bond acceptors (Lipinski definition) is 5. The van der Waals surface area contributed by atoms with E-state index in [1.54, 1.807) is 29.2 Å². The highest BCUT2D eigenvalue weighted by atomic mass is 79.9. The fourth-order valence-corrected chi connectivity index (χ4v) is 2.99. The molecule has 0 saturated carbocycles. The molecule has 1 amide bonds. The van der Waals surface area contributed by atoms with E-state index >= 15 is 0 Å². The summed E-state index contributed by atoms with van der Waals surface area (Å²) in [6, 6.07) is 9.27. The molecule has 0 spiro atoms. The van der Waals surface area contributed by atoms with Crippen LogP contribution in [0.2, 0.25) is 0 Å². The Hall–Kier alpha value is -2.48. The maximum atomic E-state index is 13.0. The molecule has 0 aliphatic carbocycles. The third kappa shape index (κ3) is 2.73. The van der Waals surface area contributed by atoms with E-state index in [1.165, 1.54) is 12.1 Å². The lowest BCUT2D eigenvalue weighted by Crippen LogP contribution is -2.24. The summed E-state index contributed by atoms with van der Waals surface area (Å²) in [5.74, 6) is 0.603. The summed E-state index contributed by atoms with van der Waals surface area (Å²) >= 11 is 3.21. The average molecular weight is 392 g/mol. The van der Waals surface area contributed by atoms with Crippen LogP contribution in [0.25, 0.3) is 11.7 Å². The number of anilines is 1. The van der Waals surface area contributed by atoms with E-state index in [1.807, 2.05) is 0 Å². The normalized spacial score (nSPS) is 17.7. The molecule has 1 aromatic carbocycles. The third-order valence-corrected chi connectivity index (χ3v) is 4.28. The Balaban J connectivity index is 1.55. The summed E-state index contributed by atoms with van der Waals surface area (Å²) in [7, 11) is 0. The number of aromatic nitrogens is 2. The first-order chi connectivity index (χ1) is 11.6. The van der Waals surface area contributed by atoms with Gasteiger partial charge in [-0.2, -0.15) is 4.98 Å². The van der Waals surface area contributed by atoms with Gasteiger partial charge in [-0.05, 0) is 52.3 Å². The number of rotatable bonds is 3. The van der Waals surface area contributed by atoms with Gasteiger partial charge < -0.3 is 13.8 Å². The molecular weight excluding hydrogens is 381 g/mol. The van der Waals surface area contributed by atoms with Crippen molar-refractivity contribution in [1.29, 1.82) is 0 Å². The molecule has 1 fully saturated rings. The number of amides is 1. The third-order valence-electron chi connectivity index (χ3n) is 3.85. The quantitative estimate of drug-likeness (QED) is 0.679. The zero-order chi connectivity index (χ0) is 16.7. The van der Waals surface area contributed by atoms with Crippen LogP contribution in [0.5, 0.6) is 0 Å². The maximum Gasteiger partial charge on any atom is 0.293 e. The van der Waals surface area contributed by atoms with Crippen molar-refractivity contribution in [2.45, 2.75) is 12.3 Å². The van der Waals surface area contributed by atoms with Crippen molar-refractivity contribution < 1.29 is 18.1 Å². The van der Waals surface area contributed by atoms with Gasteiger partial charge in [0, 0.05) is 24.6 Å². The molecule has 6 nitrogen and oxygen atoms in total. The summed E-state index contributed by atoms with van der Waals surface area (Å²) in [5.41, 5.74) is 0.655. The van der Waals surface area contributed by atoms with Gasteiger partial charge in [-0.25, -0.2) is 4.39 Å². The van der Waals surface area contributed by atoms with E-state index in [2.05, 4.69) is 26.1 Å². The standard InChI is InChI=1S/C16H11BrFN3O3/c17-13-6-5-12(23-13)16-19-15(20-24-16)9-7-14(22)21(8-9)11-3-1-10(18)2-4-11/h1-6,9H,7-8H2. The molecule has 24 heavy (non-hydrogen) atoms. The summed E-state index contributed by atoms with van der Waals surface area (Å²) < 4.78 is 24.2. The largest absolute Gasteiger partial charge is 0.444 e. The second kappa shape index (κ2) is 5.86. The Morgan fingerprint density at radius 2 is 2.00 bits per heavy atom. The molecule has 1 unspecified atom stereocenters. The topological polar surface area (TPSA) is 72.4 Å². The van der Waals surface area contributed by atoms with Gasteiger partial charge in [0.1, 0.15) is 5.82 Å². The van der Waals surface area contributed by atoms with Gasteiger partial charge in [-0.3, -0.25) is 4.79 Å². The molecule has 1 saturated heterocycles. The summed E-state index contributed by atoms with van der Waals surface area (Å²) in [5, 5.41) is 3.96. The SMILES string of the molecule is O=C1CC(c2noc(-c3ccc(Br)o3)n2)CN1c1ccc(F)cc1. The van der Waals surface area contributed by atoms with Crippen molar-refractivity contribution in [3.05, 3.63) is 52.7 Å². The van der Waals surface area contributed by atoms with E-state index < -0.39 is 0 Å². The van der Waals surface area contributed by atoms with Crippen LogP contribution in [-0.4, -0.2) is 22.6 Å². The first-order valence-electron chi connectivity index (χ1n) is 7.25. The van der Waals surface area contributed by atoms with Crippen LogP contribution >= 0.6 is 15.9 Å². The summed E-state index contributed by atoms with van der Waals surface area (Å²) in [6.07, 6.45) is 0.276. The first kappa shape index (κ1) is 15.1. The predicted molar refractivity (Wildman–Crippen MR) is 85.8 cm³/mol. The van der Waals surface area contributed by atoms with Crippen LogP contribution in [0.15, 0.2) is 50.0 Å². The molecule has 4 rings (SSSR count). The molecule has 1 aliphatic heterocycles. The van der Waals surface area contributed by atoms with Gasteiger partial charge >= 0.3 is 0 Å². The van der Waals surface area contributed by atoms with Crippen molar-refractivity contribution in [3.8, 4) is 11.7 Å². The minimum Gasteiger partial charge on any atom is -0.444 e. The fourth-order valence-electron chi connectivity index (χ4n) is 2.68. The highest BCUT2D eigenvalue weighted by Gasteiger charge is 2.34. The Bertz CT molecular complexity index is 890. The summed E-state index contributed by atoms with van der Waals surface area (Å²) in [6.45, 7) is 0.422. The molecule has 0 radical (unpaired) electrons. The van der Waals surface area contributed by atoms with Crippen LogP contribution in [0.4, 0.5) is 10.1 Å². The Morgan fingerprint density at radius 3 is 2.71 bits per heavy atom. The van der Waals surface area contributed by atoms with Crippen LogP contribution in [0.3, 0.4) is 0 Å². The Kier molecular flexibility index (Phi) is 3.68. The van der Waals surface area contributed by atoms with E-state index in [4.69, 9.17) is 8.94 Å².